The largest absolute Gasteiger partial charge is 0.353 e. The Balaban J connectivity index is 1.67. The number of amides is 2. The van der Waals surface area contributed by atoms with Gasteiger partial charge in [0.05, 0.1) is 5.92 Å². The Morgan fingerprint density at radius 2 is 1.63 bits per heavy atom. The van der Waals surface area contributed by atoms with Crippen LogP contribution in [-0.2, 0) is 9.59 Å². The number of hydrogen-bond acceptors (Lipinski definition) is 2. The fraction of sp³-hybridized carbons (Fsp3) is 0.462. The minimum absolute atomic E-state index is 0.0266. The van der Waals surface area contributed by atoms with Crippen molar-refractivity contribution in [1.29, 1.82) is 0 Å². The molecule has 0 bridgehead atoms. The highest BCUT2D eigenvalue weighted by atomic mass is 16.2. The van der Waals surface area contributed by atoms with Gasteiger partial charge in [-0.25, -0.2) is 0 Å². The minimum atomic E-state index is -0.103. The summed E-state index contributed by atoms with van der Waals surface area (Å²) in [5.74, 6) is 0.149. The Hall–Kier alpha value is -2.62. The van der Waals surface area contributed by atoms with Crippen LogP contribution in [0.25, 0.3) is 0 Å². The lowest BCUT2D eigenvalue weighted by atomic mass is 9.87. The zero-order valence-corrected chi connectivity index (χ0v) is 18.2. The van der Waals surface area contributed by atoms with Crippen LogP contribution in [0.5, 0.6) is 0 Å². The van der Waals surface area contributed by atoms with E-state index in [2.05, 4.69) is 43.4 Å². The molecule has 2 aromatic carbocycles. The predicted molar refractivity (Wildman–Crippen MR) is 121 cm³/mol. The Bertz CT molecular complexity index is 767. The lowest BCUT2D eigenvalue weighted by molar-refractivity contribution is -0.136. The quantitative estimate of drug-likeness (QED) is 0.688. The summed E-state index contributed by atoms with van der Waals surface area (Å²) in [6.45, 7) is 5.44. The first kappa shape index (κ1) is 22.1. The normalized spacial score (nSPS) is 17.6. The van der Waals surface area contributed by atoms with Crippen LogP contribution in [0, 0.1) is 5.92 Å². The summed E-state index contributed by atoms with van der Waals surface area (Å²) in [6.07, 6.45) is 4.20. The van der Waals surface area contributed by atoms with E-state index in [-0.39, 0.29) is 29.7 Å². The number of nitrogens with one attached hydrogen (secondary N) is 1. The molecule has 1 fully saturated rings. The molecular formula is C26H34N2O2. The van der Waals surface area contributed by atoms with Gasteiger partial charge >= 0.3 is 0 Å². The Kier molecular flexibility index (Phi) is 8.06. The lowest BCUT2D eigenvalue weighted by Gasteiger charge is -2.33. The molecule has 1 N–H and O–H groups in total. The lowest BCUT2D eigenvalue weighted by Crippen LogP contribution is -2.47. The van der Waals surface area contributed by atoms with Gasteiger partial charge in [-0.3, -0.25) is 9.59 Å². The highest BCUT2D eigenvalue weighted by Gasteiger charge is 2.30. The highest BCUT2D eigenvalue weighted by Crippen LogP contribution is 2.29. The average Bonchev–Trinajstić information content (AvgIpc) is 2.78. The van der Waals surface area contributed by atoms with Crippen molar-refractivity contribution in [2.75, 3.05) is 13.1 Å². The van der Waals surface area contributed by atoms with Gasteiger partial charge in [0.25, 0.3) is 0 Å². The van der Waals surface area contributed by atoms with E-state index in [9.17, 15) is 9.59 Å². The zero-order valence-electron chi connectivity index (χ0n) is 18.2. The number of likely N-dealkylation sites (tertiary alicyclic amines) is 1. The maximum absolute atomic E-state index is 13.2. The molecule has 160 valence electrons. The summed E-state index contributed by atoms with van der Waals surface area (Å²) >= 11 is 0. The Morgan fingerprint density at radius 1 is 1.03 bits per heavy atom. The highest BCUT2D eigenvalue weighted by molar-refractivity contribution is 5.82. The van der Waals surface area contributed by atoms with Crippen LogP contribution in [0.4, 0.5) is 0 Å². The molecule has 1 saturated heterocycles. The molecule has 0 aromatic heterocycles. The fourth-order valence-electron chi connectivity index (χ4n) is 4.39. The van der Waals surface area contributed by atoms with E-state index in [1.54, 1.807) is 0 Å². The van der Waals surface area contributed by atoms with Crippen molar-refractivity contribution in [3.8, 4) is 0 Å². The second-order valence-corrected chi connectivity index (χ2v) is 8.46. The van der Waals surface area contributed by atoms with Crippen LogP contribution < -0.4 is 5.32 Å². The van der Waals surface area contributed by atoms with E-state index in [4.69, 9.17) is 0 Å². The van der Waals surface area contributed by atoms with Crippen LogP contribution in [0.3, 0.4) is 0 Å². The van der Waals surface area contributed by atoms with Crippen molar-refractivity contribution < 1.29 is 9.59 Å². The van der Waals surface area contributed by atoms with Gasteiger partial charge in [0, 0.05) is 31.5 Å². The summed E-state index contributed by atoms with van der Waals surface area (Å²) in [7, 11) is 0. The number of hydrogen-bond donors (Lipinski definition) is 1. The molecule has 2 amide bonds. The van der Waals surface area contributed by atoms with E-state index in [0.29, 0.717) is 13.0 Å². The molecular weight excluding hydrogens is 372 g/mol. The summed E-state index contributed by atoms with van der Waals surface area (Å²) < 4.78 is 0. The van der Waals surface area contributed by atoms with E-state index >= 15 is 0 Å². The van der Waals surface area contributed by atoms with Crippen molar-refractivity contribution in [3.63, 3.8) is 0 Å². The molecule has 1 heterocycles. The van der Waals surface area contributed by atoms with Crippen molar-refractivity contribution in [2.45, 2.75) is 57.9 Å². The van der Waals surface area contributed by atoms with Crippen LogP contribution in [0.1, 0.15) is 63.0 Å². The Morgan fingerprint density at radius 3 is 2.20 bits per heavy atom. The third kappa shape index (κ3) is 5.94. The summed E-state index contributed by atoms with van der Waals surface area (Å²) in [5.41, 5.74) is 2.30. The summed E-state index contributed by atoms with van der Waals surface area (Å²) in [6, 6.07) is 20.6. The van der Waals surface area contributed by atoms with Gasteiger partial charge < -0.3 is 10.2 Å². The molecule has 30 heavy (non-hydrogen) atoms. The van der Waals surface area contributed by atoms with Crippen LogP contribution in [0.2, 0.25) is 0 Å². The third-order valence-electron chi connectivity index (χ3n) is 6.04. The van der Waals surface area contributed by atoms with Gasteiger partial charge in [-0.15, -0.1) is 0 Å². The van der Waals surface area contributed by atoms with Gasteiger partial charge in [0.1, 0.15) is 0 Å². The number of carbonyl (C=O) groups excluding carboxylic acids is 2. The first-order valence-corrected chi connectivity index (χ1v) is 11.3. The van der Waals surface area contributed by atoms with Crippen LogP contribution in [-0.4, -0.2) is 35.8 Å². The van der Waals surface area contributed by atoms with Crippen molar-refractivity contribution >= 4 is 11.8 Å². The van der Waals surface area contributed by atoms with Gasteiger partial charge in [-0.1, -0.05) is 74.0 Å². The van der Waals surface area contributed by atoms with Crippen molar-refractivity contribution in [1.82, 2.24) is 10.2 Å². The zero-order chi connectivity index (χ0) is 21.3. The number of piperidine rings is 1. The topological polar surface area (TPSA) is 49.4 Å². The predicted octanol–water partition coefficient (Wildman–Crippen LogP) is 4.75. The fourth-order valence-corrected chi connectivity index (χ4v) is 4.39. The van der Waals surface area contributed by atoms with Crippen molar-refractivity contribution in [2.24, 2.45) is 5.92 Å². The molecule has 3 rings (SSSR count). The second-order valence-electron chi connectivity index (χ2n) is 8.46. The smallest absolute Gasteiger partial charge is 0.225 e. The SMILES string of the molecule is CCC[C@@H](C)NC(=O)[C@H]1CCCN(C(=O)CC(c2ccccc2)c2ccccc2)C1. The van der Waals surface area contributed by atoms with Gasteiger partial charge in [0.2, 0.25) is 11.8 Å². The van der Waals surface area contributed by atoms with Gasteiger partial charge in [0.15, 0.2) is 0 Å². The molecule has 0 unspecified atom stereocenters. The van der Waals surface area contributed by atoms with Crippen LogP contribution >= 0.6 is 0 Å². The molecule has 2 aromatic rings. The first-order chi connectivity index (χ1) is 14.6. The number of carbonyl (C=O) groups is 2. The molecule has 4 heteroatoms. The maximum Gasteiger partial charge on any atom is 0.225 e. The number of benzene rings is 2. The summed E-state index contributed by atoms with van der Waals surface area (Å²) in [5, 5.41) is 3.13. The minimum Gasteiger partial charge on any atom is -0.353 e. The van der Waals surface area contributed by atoms with Crippen molar-refractivity contribution in [3.05, 3.63) is 71.8 Å². The number of rotatable bonds is 8. The molecule has 4 nitrogen and oxygen atoms in total. The van der Waals surface area contributed by atoms with E-state index in [0.717, 1.165) is 43.4 Å². The molecule has 2 atom stereocenters. The third-order valence-corrected chi connectivity index (χ3v) is 6.04. The average molecular weight is 407 g/mol. The van der Waals surface area contributed by atoms with Gasteiger partial charge in [-0.05, 0) is 37.3 Å². The summed E-state index contributed by atoms with van der Waals surface area (Å²) in [4.78, 5) is 27.8. The molecule has 0 radical (unpaired) electrons. The van der Waals surface area contributed by atoms with Gasteiger partial charge in [-0.2, -0.15) is 0 Å². The monoisotopic (exact) mass is 406 g/mol. The maximum atomic E-state index is 13.2. The van der Waals surface area contributed by atoms with E-state index in [1.807, 2.05) is 41.3 Å². The van der Waals surface area contributed by atoms with E-state index < -0.39 is 0 Å². The molecule has 0 spiro atoms. The number of nitrogens with zero attached hydrogens (tertiary/aromatic N) is 1. The van der Waals surface area contributed by atoms with Crippen LogP contribution in [0.15, 0.2) is 60.7 Å². The van der Waals surface area contributed by atoms with E-state index in [1.165, 1.54) is 0 Å². The molecule has 0 saturated carbocycles. The molecule has 0 aliphatic carbocycles. The standard InChI is InChI=1S/C26H34N2O2/c1-3-11-20(2)27-26(30)23-16-10-17-28(19-23)25(29)18-24(21-12-6-4-7-13-21)22-14-8-5-9-15-22/h4-9,12-15,20,23-24H,3,10-11,16-19H2,1-2H3,(H,27,30)/t20-,23+/m1/s1. The Labute approximate surface area is 180 Å². The molecule has 1 aliphatic rings. The second kappa shape index (κ2) is 11.0. The first-order valence-electron chi connectivity index (χ1n) is 11.3. The molecule has 1 aliphatic heterocycles.